The molecule has 0 aliphatic heterocycles. The number of nitrogens with two attached hydrogens (primary N) is 1. The van der Waals surface area contributed by atoms with Crippen LogP contribution in [-0.4, -0.2) is 20.2 Å². The van der Waals surface area contributed by atoms with E-state index in [1.807, 2.05) is 22.9 Å². The molecule has 2 aromatic rings. The zero-order valence-electron chi connectivity index (χ0n) is 10.5. The van der Waals surface area contributed by atoms with E-state index < -0.39 is 0 Å². The van der Waals surface area contributed by atoms with Crippen molar-refractivity contribution in [2.75, 3.05) is 5.73 Å². The quantitative estimate of drug-likeness (QED) is 0.881. The molecule has 2 N–H and O–H groups in total. The van der Waals surface area contributed by atoms with Gasteiger partial charge in [-0.3, -0.25) is 0 Å². The Hall–Kier alpha value is -1.43. The Morgan fingerprint density at radius 2 is 2.17 bits per heavy atom. The minimum Gasteiger partial charge on any atom is -0.399 e. The van der Waals surface area contributed by atoms with Gasteiger partial charge in [-0.2, -0.15) is 0 Å². The van der Waals surface area contributed by atoms with Gasteiger partial charge in [0.2, 0.25) is 0 Å². The highest BCUT2D eigenvalue weighted by Gasteiger charge is 2.14. The van der Waals surface area contributed by atoms with E-state index in [9.17, 15) is 0 Å². The largest absolute Gasteiger partial charge is 0.399 e. The lowest BCUT2D eigenvalue weighted by Crippen LogP contribution is -2.09. The molecule has 0 saturated carbocycles. The van der Waals surface area contributed by atoms with Crippen LogP contribution in [-0.2, 0) is 0 Å². The number of aromatic nitrogens is 4. The van der Waals surface area contributed by atoms with E-state index in [0.717, 1.165) is 28.7 Å². The van der Waals surface area contributed by atoms with Crippen molar-refractivity contribution in [2.45, 2.75) is 32.7 Å². The fourth-order valence-corrected chi connectivity index (χ4v) is 2.47. The van der Waals surface area contributed by atoms with Gasteiger partial charge in [-0.25, -0.2) is 4.68 Å². The Morgan fingerprint density at radius 3 is 2.83 bits per heavy atom. The van der Waals surface area contributed by atoms with Crippen LogP contribution in [0.1, 0.15) is 32.7 Å². The Bertz CT molecular complexity index is 517. The van der Waals surface area contributed by atoms with Crippen LogP contribution in [0.2, 0.25) is 0 Å². The molecule has 96 valence electrons. The average molecular weight is 310 g/mol. The summed E-state index contributed by atoms with van der Waals surface area (Å²) in [6.07, 6.45) is 2.14. The first kappa shape index (κ1) is 13.0. The van der Waals surface area contributed by atoms with E-state index in [1.165, 1.54) is 0 Å². The molecule has 18 heavy (non-hydrogen) atoms. The lowest BCUT2D eigenvalue weighted by molar-refractivity contribution is 0.447. The molecule has 0 bridgehead atoms. The third-order valence-corrected chi connectivity index (χ3v) is 3.25. The molecule has 0 saturated heterocycles. The summed E-state index contributed by atoms with van der Waals surface area (Å²) in [5.74, 6) is 0.754. The molecule has 0 fully saturated rings. The standard InChI is InChI=1S/C12H16BrN5/c1-3-4-8(2)18-12(15-16-17-18)9-5-10(13)7-11(14)6-9/h5-8H,3-4,14H2,1-2H3. The van der Waals surface area contributed by atoms with Gasteiger partial charge in [0.15, 0.2) is 5.82 Å². The van der Waals surface area contributed by atoms with Gasteiger partial charge < -0.3 is 5.73 Å². The van der Waals surface area contributed by atoms with E-state index in [1.54, 1.807) is 0 Å². The van der Waals surface area contributed by atoms with E-state index in [2.05, 4.69) is 45.3 Å². The number of nitrogen functional groups attached to an aromatic ring is 1. The second kappa shape index (κ2) is 5.48. The Labute approximate surface area is 115 Å². The van der Waals surface area contributed by atoms with Crippen molar-refractivity contribution in [1.29, 1.82) is 0 Å². The molecule has 0 aliphatic carbocycles. The minimum absolute atomic E-state index is 0.278. The molecule has 5 nitrogen and oxygen atoms in total. The normalized spacial score (nSPS) is 12.6. The summed E-state index contributed by atoms with van der Waals surface area (Å²) in [4.78, 5) is 0. The van der Waals surface area contributed by atoms with Crippen molar-refractivity contribution in [1.82, 2.24) is 20.2 Å². The lowest BCUT2D eigenvalue weighted by Gasteiger charge is -2.12. The van der Waals surface area contributed by atoms with Crippen LogP contribution in [0.3, 0.4) is 0 Å². The van der Waals surface area contributed by atoms with Gasteiger partial charge in [-0.15, -0.1) is 5.10 Å². The number of benzene rings is 1. The lowest BCUT2D eigenvalue weighted by atomic mass is 10.1. The number of hydrogen-bond donors (Lipinski definition) is 1. The number of tetrazole rings is 1. The predicted molar refractivity (Wildman–Crippen MR) is 75.0 cm³/mol. The van der Waals surface area contributed by atoms with Crippen LogP contribution in [0.15, 0.2) is 22.7 Å². The summed E-state index contributed by atoms with van der Waals surface area (Å²) in [6.45, 7) is 4.27. The highest BCUT2D eigenvalue weighted by Crippen LogP contribution is 2.26. The van der Waals surface area contributed by atoms with Gasteiger partial charge in [0.1, 0.15) is 0 Å². The molecule has 1 aromatic heterocycles. The third kappa shape index (κ3) is 2.69. The highest BCUT2D eigenvalue weighted by atomic mass is 79.9. The minimum atomic E-state index is 0.278. The van der Waals surface area contributed by atoms with E-state index in [4.69, 9.17) is 5.73 Å². The van der Waals surface area contributed by atoms with Crippen molar-refractivity contribution in [3.05, 3.63) is 22.7 Å². The van der Waals surface area contributed by atoms with Crippen LogP contribution in [0.4, 0.5) is 5.69 Å². The van der Waals surface area contributed by atoms with Crippen LogP contribution in [0, 0.1) is 0 Å². The molecule has 1 unspecified atom stereocenters. The van der Waals surface area contributed by atoms with Crippen molar-refractivity contribution in [2.24, 2.45) is 0 Å². The SMILES string of the molecule is CCCC(C)n1nnnc1-c1cc(N)cc(Br)c1. The molecule has 0 amide bonds. The van der Waals surface area contributed by atoms with Gasteiger partial charge >= 0.3 is 0 Å². The Morgan fingerprint density at radius 1 is 1.39 bits per heavy atom. The fourth-order valence-electron chi connectivity index (χ4n) is 1.96. The van der Waals surface area contributed by atoms with E-state index in [0.29, 0.717) is 5.69 Å². The molecule has 6 heteroatoms. The van der Waals surface area contributed by atoms with Gasteiger partial charge in [0.25, 0.3) is 0 Å². The molecule has 1 atom stereocenters. The summed E-state index contributed by atoms with van der Waals surface area (Å²) in [5.41, 5.74) is 7.46. The summed E-state index contributed by atoms with van der Waals surface area (Å²) < 4.78 is 2.78. The number of rotatable bonds is 4. The zero-order valence-corrected chi connectivity index (χ0v) is 12.1. The van der Waals surface area contributed by atoms with Crippen molar-refractivity contribution < 1.29 is 0 Å². The molecule has 0 aliphatic rings. The zero-order chi connectivity index (χ0) is 13.1. The van der Waals surface area contributed by atoms with Crippen LogP contribution in [0.5, 0.6) is 0 Å². The van der Waals surface area contributed by atoms with Crippen molar-refractivity contribution >= 4 is 21.6 Å². The van der Waals surface area contributed by atoms with Gasteiger partial charge in [-0.1, -0.05) is 29.3 Å². The average Bonchev–Trinajstić information content (AvgIpc) is 2.76. The van der Waals surface area contributed by atoms with Crippen LogP contribution < -0.4 is 5.73 Å². The number of anilines is 1. The number of halogens is 1. The molecular weight excluding hydrogens is 294 g/mol. The second-order valence-electron chi connectivity index (χ2n) is 4.36. The maximum Gasteiger partial charge on any atom is 0.182 e. The van der Waals surface area contributed by atoms with Crippen LogP contribution >= 0.6 is 15.9 Å². The topological polar surface area (TPSA) is 69.6 Å². The fraction of sp³-hybridized carbons (Fsp3) is 0.417. The molecule has 2 rings (SSSR count). The summed E-state index contributed by atoms with van der Waals surface area (Å²) >= 11 is 3.43. The monoisotopic (exact) mass is 309 g/mol. The van der Waals surface area contributed by atoms with Gasteiger partial charge in [0.05, 0.1) is 6.04 Å². The Kier molecular flexibility index (Phi) is 3.96. The number of nitrogens with zero attached hydrogens (tertiary/aromatic N) is 4. The maximum atomic E-state index is 5.84. The maximum absolute atomic E-state index is 5.84. The molecule has 0 radical (unpaired) electrons. The number of hydrogen-bond acceptors (Lipinski definition) is 4. The third-order valence-electron chi connectivity index (χ3n) is 2.80. The summed E-state index contributed by atoms with van der Waals surface area (Å²) in [6, 6.07) is 5.98. The summed E-state index contributed by atoms with van der Waals surface area (Å²) in [7, 11) is 0. The van der Waals surface area contributed by atoms with E-state index >= 15 is 0 Å². The first-order valence-electron chi connectivity index (χ1n) is 5.96. The first-order valence-corrected chi connectivity index (χ1v) is 6.75. The van der Waals surface area contributed by atoms with Gasteiger partial charge in [-0.05, 0) is 42.0 Å². The first-order chi connectivity index (χ1) is 8.61. The predicted octanol–water partition coefficient (Wildman–Crippen LogP) is 3.05. The second-order valence-corrected chi connectivity index (χ2v) is 5.27. The van der Waals surface area contributed by atoms with Crippen molar-refractivity contribution in [3.63, 3.8) is 0 Å². The van der Waals surface area contributed by atoms with Gasteiger partial charge in [0, 0.05) is 15.7 Å². The van der Waals surface area contributed by atoms with Crippen LogP contribution in [0.25, 0.3) is 11.4 Å². The highest BCUT2D eigenvalue weighted by molar-refractivity contribution is 9.10. The molecule has 1 heterocycles. The Balaban J connectivity index is 2.42. The van der Waals surface area contributed by atoms with E-state index in [-0.39, 0.29) is 6.04 Å². The molecule has 1 aromatic carbocycles. The van der Waals surface area contributed by atoms with Crippen molar-refractivity contribution in [3.8, 4) is 11.4 Å². The smallest absolute Gasteiger partial charge is 0.182 e. The molecular formula is C12H16BrN5. The molecule has 0 spiro atoms. The summed E-state index contributed by atoms with van der Waals surface area (Å²) in [5, 5.41) is 11.9.